The molecule has 2 heterocycles. The molecule has 29 heavy (non-hydrogen) atoms. The lowest BCUT2D eigenvalue weighted by molar-refractivity contribution is 0.0782. The molecule has 6 heteroatoms. The molecule has 2 fully saturated rings. The van der Waals surface area contributed by atoms with E-state index in [1.165, 1.54) is 43.5 Å². The lowest BCUT2D eigenvalue weighted by Crippen LogP contribution is -2.48. The number of thioether (sulfide) groups is 1. The van der Waals surface area contributed by atoms with E-state index in [-0.39, 0.29) is 4.75 Å². The van der Waals surface area contributed by atoms with Crippen molar-refractivity contribution in [2.45, 2.75) is 56.9 Å². The van der Waals surface area contributed by atoms with Gasteiger partial charge in [0.25, 0.3) is 0 Å². The summed E-state index contributed by atoms with van der Waals surface area (Å²) in [7, 11) is 1.85. The maximum absolute atomic E-state index is 5.58. The van der Waals surface area contributed by atoms with Crippen LogP contribution in [0.15, 0.2) is 29.3 Å². The summed E-state index contributed by atoms with van der Waals surface area (Å²) in [6.45, 7) is 9.27. The zero-order chi connectivity index (χ0) is 20.4. The van der Waals surface area contributed by atoms with Crippen molar-refractivity contribution >= 4 is 17.7 Å². The molecule has 2 saturated heterocycles. The molecule has 5 nitrogen and oxygen atoms in total. The Balaban J connectivity index is 1.45. The minimum atomic E-state index is 0.265. The second-order valence-corrected chi connectivity index (χ2v) is 9.89. The van der Waals surface area contributed by atoms with E-state index in [1.807, 2.05) is 7.05 Å². The van der Waals surface area contributed by atoms with E-state index in [2.05, 4.69) is 63.5 Å². The van der Waals surface area contributed by atoms with E-state index in [0.717, 1.165) is 57.4 Å². The predicted octanol–water partition coefficient (Wildman–Crippen LogP) is 3.64. The first-order valence-corrected chi connectivity index (χ1v) is 12.2. The van der Waals surface area contributed by atoms with Gasteiger partial charge in [-0.15, -0.1) is 0 Å². The van der Waals surface area contributed by atoms with Crippen LogP contribution in [-0.2, 0) is 17.8 Å². The van der Waals surface area contributed by atoms with Gasteiger partial charge in [0.2, 0.25) is 0 Å². The van der Waals surface area contributed by atoms with Crippen molar-refractivity contribution in [2.24, 2.45) is 4.99 Å². The SMILES string of the molecule is CCSC1(CNC(=NC)NCc2ccc(CN3CCCCC3)cc2)CCOCC1. The van der Waals surface area contributed by atoms with E-state index in [4.69, 9.17) is 4.74 Å². The van der Waals surface area contributed by atoms with Crippen molar-refractivity contribution in [3.8, 4) is 0 Å². The highest BCUT2D eigenvalue weighted by Crippen LogP contribution is 2.34. The molecule has 0 aromatic heterocycles. The number of rotatable bonds is 8. The van der Waals surface area contributed by atoms with E-state index in [1.54, 1.807) is 0 Å². The molecule has 2 aliphatic heterocycles. The zero-order valence-corrected chi connectivity index (χ0v) is 19.0. The molecular weight excluding hydrogens is 380 g/mol. The maximum Gasteiger partial charge on any atom is 0.191 e. The Kier molecular flexibility index (Phi) is 9.15. The molecule has 0 aliphatic carbocycles. The van der Waals surface area contributed by atoms with Crippen molar-refractivity contribution in [3.63, 3.8) is 0 Å². The van der Waals surface area contributed by atoms with Crippen LogP contribution in [0, 0.1) is 0 Å². The third-order valence-electron chi connectivity index (χ3n) is 5.99. The molecule has 1 aromatic carbocycles. The third-order valence-corrected chi connectivity index (χ3v) is 7.45. The minimum absolute atomic E-state index is 0.265. The number of likely N-dealkylation sites (tertiary alicyclic amines) is 1. The van der Waals surface area contributed by atoms with Crippen LogP contribution in [0.3, 0.4) is 0 Å². The Morgan fingerprint density at radius 1 is 1.07 bits per heavy atom. The summed E-state index contributed by atoms with van der Waals surface area (Å²) < 4.78 is 5.84. The average Bonchev–Trinajstić information content (AvgIpc) is 2.76. The summed E-state index contributed by atoms with van der Waals surface area (Å²) in [5.74, 6) is 2.02. The number of piperidine rings is 1. The van der Waals surface area contributed by atoms with E-state index in [9.17, 15) is 0 Å². The minimum Gasteiger partial charge on any atom is -0.381 e. The Hall–Kier alpha value is -1.24. The van der Waals surface area contributed by atoms with Crippen molar-refractivity contribution in [3.05, 3.63) is 35.4 Å². The van der Waals surface area contributed by atoms with Gasteiger partial charge in [0.15, 0.2) is 5.96 Å². The normalized spacial score (nSPS) is 20.4. The molecule has 3 rings (SSSR count). The first kappa shape index (κ1) is 22.4. The van der Waals surface area contributed by atoms with Crippen LogP contribution in [0.1, 0.15) is 50.2 Å². The summed E-state index contributed by atoms with van der Waals surface area (Å²) in [4.78, 5) is 6.99. The van der Waals surface area contributed by atoms with Gasteiger partial charge in [0.05, 0.1) is 0 Å². The maximum atomic E-state index is 5.58. The predicted molar refractivity (Wildman–Crippen MR) is 125 cm³/mol. The Morgan fingerprint density at radius 2 is 1.76 bits per heavy atom. The molecule has 1 aromatic rings. The highest BCUT2D eigenvalue weighted by atomic mass is 32.2. The molecule has 0 spiro atoms. The van der Waals surface area contributed by atoms with Gasteiger partial charge in [-0.3, -0.25) is 9.89 Å². The van der Waals surface area contributed by atoms with Crippen LogP contribution in [0.4, 0.5) is 0 Å². The van der Waals surface area contributed by atoms with Crippen LogP contribution in [0.5, 0.6) is 0 Å². The Labute approximate surface area is 181 Å². The monoisotopic (exact) mass is 418 g/mol. The van der Waals surface area contributed by atoms with Crippen LogP contribution in [-0.4, -0.2) is 61.3 Å². The largest absolute Gasteiger partial charge is 0.381 e. The standard InChI is InChI=1S/C23H38N4OS/c1-3-29-23(11-15-28-16-12-23)19-26-22(24-2)25-17-20-7-9-21(10-8-20)18-27-13-5-4-6-14-27/h7-10H,3-6,11-19H2,1-2H3,(H2,24,25,26). The van der Waals surface area contributed by atoms with Crippen molar-refractivity contribution in [1.29, 1.82) is 0 Å². The smallest absolute Gasteiger partial charge is 0.191 e. The molecule has 162 valence electrons. The summed E-state index contributed by atoms with van der Waals surface area (Å²) in [5.41, 5.74) is 2.70. The van der Waals surface area contributed by atoms with Gasteiger partial charge < -0.3 is 15.4 Å². The fourth-order valence-electron chi connectivity index (χ4n) is 4.21. The first-order chi connectivity index (χ1) is 14.2. The molecular formula is C23H38N4OS. The summed E-state index contributed by atoms with van der Waals surface area (Å²) in [5, 5.41) is 7.03. The van der Waals surface area contributed by atoms with Crippen LogP contribution >= 0.6 is 11.8 Å². The van der Waals surface area contributed by atoms with Gasteiger partial charge in [0, 0.05) is 44.6 Å². The molecule has 0 bridgehead atoms. The lowest BCUT2D eigenvalue weighted by Gasteiger charge is -2.37. The van der Waals surface area contributed by atoms with Crippen molar-refractivity contribution < 1.29 is 4.74 Å². The third kappa shape index (κ3) is 7.19. The van der Waals surface area contributed by atoms with Crippen molar-refractivity contribution in [1.82, 2.24) is 15.5 Å². The number of guanidine groups is 1. The second kappa shape index (κ2) is 11.8. The second-order valence-electron chi connectivity index (χ2n) is 8.16. The summed E-state index contributed by atoms with van der Waals surface area (Å²) >= 11 is 2.05. The van der Waals surface area contributed by atoms with Crippen LogP contribution < -0.4 is 10.6 Å². The number of nitrogens with one attached hydrogen (secondary N) is 2. The Bertz CT molecular complexity index is 617. The number of aliphatic imine (C=N–C) groups is 1. The number of hydrogen-bond donors (Lipinski definition) is 2. The van der Waals surface area contributed by atoms with Gasteiger partial charge in [-0.1, -0.05) is 37.6 Å². The van der Waals surface area contributed by atoms with Crippen LogP contribution in [0.25, 0.3) is 0 Å². The quantitative estimate of drug-likeness (QED) is 0.499. The van der Waals surface area contributed by atoms with Gasteiger partial charge in [-0.25, -0.2) is 0 Å². The molecule has 0 saturated carbocycles. The lowest BCUT2D eigenvalue weighted by atomic mass is 9.99. The van der Waals surface area contributed by atoms with E-state index >= 15 is 0 Å². The molecule has 0 radical (unpaired) electrons. The summed E-state index contributed by atoms with van der Waals surface area (Å²) in [6.07, 6.45) is 6.29. The average molecular weight is 419 g/mol. The molecule has 0 unspecified atom stereocenters. The first-order valence-electron chi connectivity index (χ1n) is 11.2. The molecule has 2 aliphatic rings. The number of benzene rings is 1. The fourth-order valence-corrected chi connectivity index (χ4v) is 5.45. The fraction of sp³-hybridized carbons (Fsp3) is 0.696. The zero-order valence-electron chi connectivity index (χ0n) is 18.2. The highest BCUT2D eigenvalue weighted by molar-refractivity contribution is 8.00. The topological polar surface area (TPSA) is 48.9 Å². The summed E-state index contributed by atoms with van der Waals surface area (Å²) in [6, 6.07) is 9.03. The van der Waals surface area contributed by atoms with Gasteiger partial charge >= 0.3 is 0 Å². The van der Waals surface area contributed by atoms with Gasteiger partial charge in [-0.05, 0) is 55.7 Å². The Morgan fingerprint density at radius 3 is 2.41 bits per heavy atom. The number of ether oxygens (including phenoxy) is 1. The number of nitrogens with zero attached hydrogens (tertiary/aromatic N) is 2. The van der Waals surface area contributed by atoms with Gasteiger partial charge in [0.1, 0.15) is 0 Å². The number of hydrogen-bond acceptors (Lipinski definition) is 4. The van der Waals surface area contributed by atoms with E-state index in [0.29, 0.717) is 0 Å². The van der Waals surface area contributed by atoms with E-state index < -0.39 is 0 Å². The molecule has 0 amide bonds. The van der Waals surface area contributed by atoms with Crippen LogP contribution in [0.2, 0.25) is 0 Å². The van der Waals surface area contributed by atoms with Crippen molar-refractivity contribution in [2.75, 3.05) is 45.6 Å². The molecule has 0 atom stereocenters. The van der Waals surface area contributed by atoms with Gasteiger partial charge in [-0.2, -0.15) is 11.8 Å². The highest BCUT2D eigenvalue weighted by Gasteiger charge is 2.32. The molecule has 2 N–H and O–H groups in total.